The zero-order valence-electron chi connectivity index (χ0n) is 14.0. The Bertz CT molecular complexity index is 555. The van der Waals surface area contributed by atoms with Crippen LogP contribution in [0.2, 0.25) is 0 Å². The third-order valence-corrected chi connectivity index (χ3v) is 2.94. The summed E-state index contributed by atoms with van der Waals surface area (Å²) in [6, 6.07) is 4.05. The number of rotatable bonds is 6. The molecule has 1 rings (SSSR count). The Hall–Kier alpha value is -2.09. The highest BCUT2D eigenvalue weighted by molar-refractivity contribution is 6.04. The molecule has 24 heavy (non-hydrogen) atoms. The maximum atomic E-state index is 12.5. The van der Waals surface area contributed by atoms with Crippen LogP contribution in [0.5, 0.6) is 0 Å². The van der Waals surface area contributed by atoms with Crippen LogP contribution in [0.3, 0.4) is 0 Å². The number of nitrogens with zero attached hydrogens (tertiary/aromatic N) is 2. The highest BCUT2D eigenvalue weighted by atomic mass is 19.4. The first kappa shape index (κ1) is 20.0. The summed E-state index contributed by atoms with van der Waals surface area (Å²) in [5, 5.41) is 2.49. The number of amides is 1. The van der Waals surface area contributed by atoms with Crippen LogP contribution in [0.15, 0.2) is 29.3 Å². The number of aliphatic imine (C=N–C) groups is 1. The Morgan fingerprint density at radius 3 is 2.38 bits per heavy atom. The second-order valence-corrected chi connectivity index (χ2v) is 5.37. The van der Waals surface area contributed by atoms with Gasteiger partial charge in [0.2, 0.25) is 0 Å². The highest BCUT2D eigenvalue weighted by Gasteiger charge is 2.30. The lowest BCUT2D eigenvalue weighted by Gasteiger charge is -2.12. The van der Waals surface area contributed by atoms with Gasteiger partial charge in [-0.2, -0.15) is 13.2 Å². The Morgan fingerprint density at radius 2 is 1.88 bits per heavy atom. The van der Waals surface area contributed by atoms with E-state index in [9.17, 15) is 18.0 Å². The minimum absolute atomic E-state index is 0.0728. The monoisotopic (exact) mass is 345 g/mol. The molecule has 0 saturated carbocycles. The fraction of sp³-hybridized carbons (Fsp3) is 0.500. The maximum Gasteiger partial charge on any atom is 0.416 e. The van der Waals surface area contributed by atoms with Gasteiger partial charge in [-0.05, 0) is 44.8 Å². The van der Waals surface area contributed by atoms with Gasteiger partial charge in [0.05, 0.1) is 18.7 Å². The Kier molecular flexibility index (Phi) is 7.70. The summed E-state index contributed by atoms with van der Waals surface area (Å²) in [7, 11) is 3.78. The number of carbonyl (C=O) groups excluding carboxylic acids is 1. The molecular weight excluding hydrogens is 323 g/mol. The number of carbonyl (C=O) groups is 1. The van der Waals surface area contributed by atoms with Gasteiger partial charge in [-0.3, -0.25) is 10.1 Å². The summed E-state index contributed by atoms with van der Waals surface area (Å²) in [4.78, 5) is 18.2. The summed E-state index contributed by atoms with van der Waals surface area (Å²) in [5.41, 5.74) is -0.704. The van der Waals surface area contributed by atoms with E-state index in [0.29, 0.717) is 19.7 Å². The van der Waals surface area contributed by atoms with Crippen molar-refractivity contribution in [3.05, 3.63) is 35.4 Å². The van der Waals surface area contributed by atoms with E-state index >= 15 is 0 Å². The molecule has 0 bridgehead atoms. The molecule has 0 aliphatic carbocycles. The minimum atomic E-state index is -4.43. The van der Waals surface area contributed by atoms with Gasteiger partial charge in [0.25, 0.3) is 11.9 Å². The molecular formula is C16H22F3N3O2. The zero-order chi connectivity index (χ0) is 18.2. The van der Waals surface area contributed by atoms with Gasteiger partial charge in [-0.1, -0.05) is 6.92 Å². The summed E-state index contributed by atoms with van der Waals surface area (Å²) in [6.07, 6.45) is -3.69. The van der Waals surface area contributed by atoms with Crippen molar-refractivity contribution in [3.8, 4) is 0 Å². The van der Waals surface area contributed by atoms with Crippen LogP contribution >= 0.6 is 0 Å². The van der Waals surface area contributed by atoms with Crippen LogP contribution in [0, 0.1) is 0 Å². The summed E-state index contributed by atoms with van der Waals surface area (Å²) >= 11 is 0. The van der Waals surface area contributed by atoms with Crippen LogP contribution in [0.25, 0.3) is 0 Å². The van der Waals surface area contributed by atoms with Crippen molar-refractivity contribution in [1.82, 2.24) is 10.2 Å². The molecule has 0 aromatic heterocycles. The molecule has 0 radical (unpaired) electrons. The van der Waals surface area contributed by atoms with Gasteiger partial charge in [0.15, 0.2) is 0 Å². The molecule has 0 aliphatic heterocycles. The molecule has 0 fully saturated rings. The number of benzene rings is 1. The average molecular weight is 345 g/mol. The lowest BCUT2D eigenvalue weighted by atomic mass is 10.1. The number of nitrogens with one attached hydrogen (secondary N) is 1. The van der Waals surface area contributed by atoms with Crippen molar-refractivity contribution in [2.24, 2.45) is 4.99 Å². The van der Waals surface area contributed by atoms with Crippen LogP contribution in [-0.2, 0) is 10.9 Å². The van der Waals surface area contributed by atoms with Crippen LogP contribution in [0.4, 0.5) is 13.2 Å². The van der Waals surface area contributed by atoms with Gasteiger partial charge in [-0.15, -0.1) is 0 Å². The minimum Gasteiger partial charge on any atom is -0.465 e. The molecule has 0 aliphatic rings. The van der Waals surface area contributed by atoms with Gasteiger partial charge in [0, 0.05) is 12.1 Å². The first-order chi connectivity index (χ1) is 11.2. The first-order valence-corrected chi connectivity index (χ1v) is 7.54. The van der Waals surface area contributed by atoms with Crippen LogP contribution in [0.1, 0.15) is 29.3 Å². The molecule has 0 saturated heterocycles. The number of hydrogen-bond donors (Lipinski definition) is 1. The molecule has 0 heterocycles. The lowest BCUT2D eigenvalue weighted by Crippen LogP contribution is -2.33. The molecule has 5 nitrogen and oxygen atoms in total. The maximum absolute atomic E-state index is 12.5. The van der Waals surface area contributed by atoms with E-state index in [-0.39, 0.29) is 11.6 Å². The van der Waals surface area contributed by atoms with Crippen molar-refractivity contribution in [2.45, 2.75) is 19.5 Å². The molecule has 1 aromatic carbocycles. The fourth-order valence-electron chi connectivity index (χ4n) is 1.65. The highest BCUT2D eigenvalue weighted by Crippen LogP contribution is 2.29. The van der Waals surface area contributed by atoms with Gasteiger partial charge < -0.3 is 9.64 Å². The lowest BCUT2D eigenvalue weighted by molar-refractivity contribution is -0.137. The summed E-state index contributed by atoms with van der Waals surface area (Å²) in [5.74, 6) is -0.566. The number of halogens is 3. The standard InChI is InChI=1S/C16H22F3N3O2/c1-4-11-24-15(20-9-10-22(2)3)21-14(23)12-5-7-13(8-6-12)16(17,18)19/h5-8H,4,9-11H2,1-3H3,(H,20,21,23). The van der Waals surface area contributed by atoms with E-state index < -0.39 is 17.6 Å². The van der Waals surface area contributed by atoms with Crippen molar-refractivity contribution < 1.29 is 22.7 Å². The first-order valence-electron chi connectivity index (χ1n) is 7.54. The third kappa shape index (κ3) is 6.99. The molecule has 0 unspecified atom stereocenters. The zero-order valence-corrected chi connectivity index (χ0v) is 14.0. The van der Waals surface area contributed by atoms with Crippen molar-refractivity contribution in [1.29, 1.82) is 0 Å². The van der Waals surface area contributed by atoms with Crippen molar-refractivity contribution in [3.63, 3.8) is 0 Å². The number of alkyl halides is 3. The Balaban J connectivity index is 2.76. The predicted octanol–water partition coefficient (Wildman–Crippen LogP) is 2.78. The number of amidine groups is 1. The SMILES string of the molecule is CCCOC(=NCCN(C)C)NC(=O)c1ccc(C(F)(F)F)cc1. The summed E-state index contributed by atoms with van der Waals surface area (Å²) < 4.78 is 43.0. The van der Waals surface area contributed by atoms with E-state index in [4.69, 9.17) is 4.74 Å². The van der Waals surface area contributed by atoms with E-state index in [2.05, 4.69) is 10.3 Å². The van der Waals surface area contributed by atoms with Crippen molar-refractivity contribution >= 4 is 11.9 Å². The number of hydrogen-bond acceptors (Lipinski definition) is 4. The van der Waals surface area contributed by atoms with E-state index in [1.807, 2.05) is 25.9 Å². The Labute approximate surface area is 139 Å². The van der Waals surface area contributed by atoms with Gasteiger partial charge in [0.1, 0.15) is 0 Å². The third-order valence-electron chi connectivity index (χ3n) is 2.94. The van der Waals surface area contributed by atoms with Gasteiger partial charge >= 0.3 is 6.18 Å². The average Bonchev–Trinajstić information content (AvgIpc) is 2.51. The van der Waals surface area contributed by atoms with E-state index in [1.54, 1.807) is 0 Å². The van der Waals surface area contributed by atoms with Crippen molar-refractivity contribution in [2.75, 3.05) is 33.8 Å². The smallest absolute Gasteiger partial charge is 0.416 e. The predicted molar refractivity (Wildman–Crippen MR) is 86.0 cm³/mol. The summed E-state index contributed by atoms with van der Waals surface area (Å²) in [6.45, 7) is 3.40. The second kappa shape index (κ2) is 9.27. The van der Waals surface area contributed by atoms with E-state index in [0.717, 1.165) is 30.7 Å². The largest absolute Gasteiger partial charge is 0.465 e. The van der Waals surface area contributed by atoms with E-state index in [1.165, 1.54) is 0 Å². The topological polar surface area (TPSA) is 53.9 Å². The molecule has 0 atom stereocenters. The normalized spacial score (nSPS) is 12.4. The molecule has 1 N–H and O–H groups in total. The second-order valence-electron chi connectivity index (χ2n) is 5.37. The molecule has 1 aromatic rings. The van der Waals surface area contributed by atoms with Crippen LogP contribution < -0.4 is 5.32 Å². The number of likely N-dealkylation sites (N-methyl/N-ethyl adjacent to an activating group) is 1. The quantitative estimate of drug-likeness (QED) is 0.637. The van der Waals surface area contributed by atoms with Crippen LogP contribution in [-0.4, -0.2) is 50.6 Å². The molecule has 8 heteroatoms. The number of ether oxygens (including phenoxy) is 1. The molecule has 1 amide bonds. The molecule has 134 valence electrons. The molecule has 0 spiro atoms. The fourth-order valence-corrected chi connectivity index (χ4v) is 1.65. The van der Waals surface area contributed by atoms with Gasteiger partial charge in [-0.25, -0.2) is 4.99 Å². The Morgan fingerprint density at radius 1 is 1.25 bits per heavy atom.